The number of esters is 3. The molecule has 0 radical (unpaired) electrons. The predicted octanol–water partition coefficient (Wildman–Crippen LogP) is 16.3. The Morgan fingerprint density at radius 2 is 0.650 bits per heavy atom. The summed E-state index contributed by atoms with van der Waals surface area (Å²) in [5, 5.41) is 0. The summed E-state index contributed by atoms with van der Waals surface area (Å²) in [6, 6.07) is 0. The molecule has 60 heavy (non-hydrogen) atoms. The third-order valence-electron chi connectivity index (χ3n) is 10.5. The first-order valence-corrected chi connectivity index (χ1v) is 25.0. The zero-order chi connectivity index (χ0) is 43.7. The molecule has 0 N–H and O–H groups in total. The minimum atomic E-state index is -0.787. The minimum absolute atomic E-state index is 0.0859. The standard InChI is InChI=1S/C54H92O6/c1-4-7-10-13-16-19-22-25-26-27-28-29-30-33-35-38-41-44-47-53(56)59-50-51(60-54(57)48-45-42-39-36-32-24-21-18-15-12-9-6-3)49-58-52(55)46-43-40-37-34-31-23-20-17-14-11-8-5-2/h10,13,16,18-19,21-22,25-29,51H,4-9,11-12,14-15,17,20,23-24,30-50H2,1-3H3/b13-10-,19-16-,21-18-,25-22-,27-26-,29-28-. The zero-order valence-electron chi connectivity index (χ0n) is 39.2. The van der Waals surface area contributed by atoms with Crippen LogP contribution in [-0.2, 0) is 28.6 Å². The number of allylic oxidation sites excluding steroid dienone is 12. The maximum atomic E-state index is 12.7. The normalized spacial score (nSPS) is 12.7. The van der Waals surface area contributed by atoms with Gasteiger partial charge in [-0.05, 0) is 64.2 Å². The van der Waals surface area contributed by atoms with E-state index in [1.54, 1.807) is 0 Å². The van der Waals surface area contributed by atoms with E-state index in [4.69, 9.17) is 14.2 Å². The summed E-state index contributed by atoms with van der Waals surface area (Å²) in [5.74, 6) is -0.921. The zero-order valence-corrected chi connectivity index (χ0v) is 39.2. The molecule has 1 unspecified atom stereocenters. The van der Waals surface area contributed by atoms with Gasteiger partial charge in [0.1, 0.15) is 13.2 Å². The second kappa shape index (κ2) is 48.5. The van der Waals surface area contributed by atoms with Crippen LogP contribution in [0.25, 0.3) is 0 Å². The van der Waals surface area contributed by atoms with Gasteiger partial charge in [-0.25, -0.2) is 0 Å². The molecule has 0 fully saturated rings. The fraction of sp³-hybridized carbons (Fsp3) is 0.722. The van der Waals surface area contributed by atoms with E-state index in [1.807, 2.05) is 24.3 Å². The average molecular weight is 837 g/mol. The van der Waals surface area contributed by atoms with Crippen molar-refractivity contribution in [2.24, 2.45) is 0 Å². The molecule has 0 heterocycles. The highest BCUT2D eigenvalue weighted by Crippen LogP contribution is 2.14. The van der Waals surface area contributed by atoms with E-state index in [9.17, 15) is 14.4 Å². The average Bonchev–Trinajstić information content (AvgIpc) is 3.24. The Kier molecular flexibility index (Phi) is 46.0. The number of hydrogen-bond acceptors (Lipinski definition) is 6. The Morgan fingerprint density at radius 1 is 0.333 bits per heavy atom. The lowest BCUT2D eigenvalue weighted by Gasteiger charge is -2.18. The molecule has 0 saturated heterocycles. The van der Waals surface area contributed by atoms with Gasteiger partial charge in [-0.3, -0.25) is 14.4 Å². The lowest BCUT2D eigenvalue weighted by atomic mass is 10.0. The molecule has 0 saturated carbocycles. The topological polar surface area (TPSA) is 78.9 Å². The number of rotatable bonds is 44. The minimum Gasteiger partial charge on any atom is -0.462 e. The summed E-state index contributed by atoms with van der Waals surface area (Å²) >= 11 is 0. The molecule has 1 atom stereocenters. The molecule has 0 aliphatic carbocycles. The van der Waals surface area contributed by atoms with Crippen molar-refractivity contribution in [2.75, 3.05) is 13.2 Å². The van der Waals surface area contributed by atoms with Crippen molar-refractivity contribution in [3.63, 3.8) is 0 Å². The molecule has 0 rings (SSSR count). The van der Waals surface area contributed by atoms with Crippen LogP contribution < -0.4 is 0 Å². The van der Waals surface area contributed by atoms with Gasteiger partial charge in [-0.1, -0.05) is 222 Å². The highest BCUT2D eigenvalue weighted by molar-refractivity contribution is 5.71. The summed E-state index contributed by atoms with van der Waals surface area (Å²) in [7, 11) is 0. The first-order valence-electron chi connectivity index (χ1n) is 25.0. The number of hydrogen-bond donors (Lipinski definition) is 0. The predicted molar refractivity (Wildman–Crippen MR) is 256 cm³/mol. The van der Waals surface area contributed by atoms with E-state index in [0.29, 0.717) is 19.3 Å². The molecule has 6 heteroatoms. The highest BCUT2D eigenvalue weighted by Gasteiger charge is 2.19. The Bertz CT molecular complexity index is 1140. The molecule has 0 aromatic heterocycles. The monoisotopic (exact) mass is 837 g/mol. The van der Waals surface area contributed by atoms with E-state index < -0.39 is 6.10 Å². The molecule has 0 spiro atoms. The molecule has 6 nitrogen and oxygen atoms in total. The van der Waals surface area contributed by atoms with Crippen molar-refractivity contribution in [1.82, 2.24) is 0 Å². The largest absolute Gasteiger partial charge is 0.462 e. The lowest BCUT2D eigenvalue weighted by Crippen LogP contribution is -2.30. The Hall–Kier alpha value is -3.15. The van der Waals surface area contributed by atoms with Crippen LogP contribution in [0.5, 0.6) is 0 Å². The third kappa shape index (κ3) is 45.9. The van der Waals surface area contributed by atoms with Gasteiger partial charge >= 0.3 is 17.9 Å². The molecule has 0 aromatic carbocycles. The summed E-state index contributed by atoms with van der Waals surface area (Å²) in [6.07, 6.45) is 60.1. The maximum Gasteiger partial charge on any atom is 0.306 e. The van der Waals surface area contributed by atoms with Gasteiger partial charge in [0.25, 0.3) is 0 Å². The van der Waals surface area contributed by atoms with Crippen LogP contribution in [0.1, 0.15) is 233 Å². The second-order valence-corrected chi connectivity index (χ2v) is 16.5. The lowest BCUT2D eigenvalue weighted by molar-refractivity contribution is -0.167. The van der Waals surface area contributed by atoms with Crippen LogP contribution in [0, 0.1) is 0 Å². The Balaban J connectivity index is 4.43. The second-order valence-electron chi connectivity index (χ2n) is 16.5. The molecular formula is C54H92O6. The number of ether oxygens (including phenoxy) is 3. The number of unbranched alkanes of at least 4 members (excludes halogenated alkanes) is 25. The third-order valence-corrected chi connectivity index (χ3v) is 10.5. The fourth-order valence-electron chi connectivity index (χ4n) is 6.76. The van der Waals surface area contributed by atoms with Gasteiger partial charge in [-0.15, -0.1) is 0 Å². The SMILES string of the molecule is CCC\C=C/C=C\C=C/C=C\C=C/CCCCCCCC(=O)OCC(COC(=O)CCCCCCCCCCCCCC)OC(=O)CCCCCCC/C=C\CCCCC. The fourth-order valence-corrected chi connectivity index (χ4v) is 6.76. The summed E-state index contributed by atoms with van der Waals surface area (Å²) in [5.41, 5.74) is 0. The molecule has 0 aliphatic heterocycles. The smallest absolute Gasteiger partial charge is 0.306 e. The summed E-state index contributed by atoms with van der Waals surface area (Å²) < 4.78 is 16.7. The van der Waals surface area contributed by atoms with E-state index >= 15 is 0 Å². The first kappa shape index (κ1) is 56.9. The van der Waals surface area contributed by atoms with Crippen molar-refractivity contribution < 1.29 is 28.6 Å². The van der Waals surface area contributed by atoms with Crippen LogP contribution in [0.3, 0.4) is 0 Å². The quantitative estimate of drug-likeness (QED) is 0.0200. The number of carbonyl (C=O) groups excluding carboxylic acids is 3. The van der Waals surface area contributed by atoms with Gasteiger partial charge in [0.05, 0.1) is 0 Å². The Labute approximate surface area is 370 Å². The molecule has 0 amide bonds. The van der Waals surface area contributed by atoms with Crippen LogP contribution in [0.4, 0.5) is 0 Å². The van der Waals surface area contributed by atoms with Crippen LogP contribution in [-0.4, -0.2) is 37.2 Å². The molecule has 0 bridgehead atoms. The number of carbonyl (C=O) groups is 3. The van der Waals surface area contributed by atoms with Crippen molar-refractivity contribution in [1.29, 1.82) is 0 Å². The summed E-state index contributed by atoms with van der Waals surface area (Å²) in [6.45, 7) is 6.49. The molecule has 0 aliphatic rings. The van der Waals surface area contributed by atoms with Crippen LogP contribution in [0.15, 0.2) is 72.9 Å². The van der Waals surface area contributed by atoms with Gasteiger partial charge in [0.15, 0.2) is 6.10 Å². The van der Waals surface area contributed by atoms with Crippen molar-refractivity contribution >= 4 is 17.9 Å². The molecule has 344 valence electrons. The van der Waals surface area contributed by atoms with Crippen molar-refractivity contribution in [3.8, 4) is 0 Å². The van der Waals surface area contributed by atoms with Crippen molar-refractivity contribution in [3.05, 3.63) is 72.9 Å². The summed E-state index contributed by atoms with van der Waals surface area (Å²) in [4.78, 5) is 37.9. The van der Waals surface area contributed by atoms with E-state index in [-0.39, 0.29) is 31.1 Å². The van der Waals surface area contributed by atoms with Crippen molar-refractivity contribution in [2.45, 2.75) is 239 Å². The van der Waals surface area contributed by atoms with Gasteiger partial charge in [-0.2, -0.15) is 0 Å². The van der Waals surface area contributed by atoms with E-state index in [0.717, 1.165) is 96.3 Å². The van der Waals surface area contributed by atoms with Crippen LogP contribution >= 0.6 is 0 Å². The van der Waals surface area contributed by atoms with Gasteiger partial charge in [0.2, 0.25) is 0 Å². The van der Waals surface area contributed by atoms with Gasteiger partial charge < -0.3 is 14.2 Å². The highest BCUT2D eigenvalue weighted by atomic mass is 16.6. The van der Waals surface area contributed by atoms with E-state index in [2.05, 4.69) is 69.4 Å². The van der Waals surface area contributed by atoms with Gasteiger partial charge in [0, 0.05) is 19.3 Å². The maximum absolute atomic E-state index is 12.7. The molecular weight excluding hydrogens is 745 g/mol. The first-order chi connectivity index (χ1) is 29.5. The Morgan fingerprint density at radius 3 is 1.08 bits per heavy atom. The van der Waals surface area contributed by atoms with E-state index in [1.165, 1.54) is 96.3 Å². The van der Waals surface area contributed by atoms with Crippen LogP contribution in [0.2, 0.25) is 0 Å². The molecule has 0 aromatic rings.